The van der Waals surface area contributed by atoms with Crippen molar-refractivity contribution in [1.82, 2.24) is 25.4 Å². The highest BCUT2D eigenvalue weighted by Gasteiger charge is 2.62. The van der Waals surface area contributed by atoms with E-state index in [9.17, 15) is 19.2 Å². The number of carbonyl (C=O) groups is 4. The SMILES string of the molecule is CNC(=O)[C@@H](NC(=O)[C@@H]1CN(C(=O)c2cncs2)CC12CN(C(=O)[C@H]1CC1(C)C)C2)[C@@H](C)OCC1CC2CCC1C2. The quantitative estimate of drug-likeness (QED) is 0.458. The van der Waals surface area contributed by atoms with Crippen molar-refractivity contribution in [3.63, 3.8) is 0 Å². The molecule has 41 heavy (non-hydrogen) atoms. The first kappa shape index (κ1) is 28.6. The molecule has 0 radical (unpaired) electrons. The monoisotopic (exact) mass is 585 g/mol. The lowest BCUT2D eigenvalue weighted by atomic mass is 9.70. The Balaban J connectivity index is 1.15. The van der Waals surface area contributed by atoms with E-state index < -0.39 is 23.5 Å². The molecule has 4 amide bonds. The summed E-state index contributed by atoms with van der Waals surface area (Å²) in [5.74, 6) is 0.945. The molecule has 5 fully saturated rings. The van der Waals surface area contributed by atoms with Crippen molar-refractivity contribution >= 4 is 35.0 Å². The highest BCUT2D eigenvalue weighted by molar-refractivity contribution is 7.11. The van der Waals surface area contributed by atoms with Gasteiger partial charge in [0.2, 0.25) is 17.7 Å². The van der Waals surface area contributed by atoms with Gasteiger partial charge in [0.05, 0.1) is 30.3 Å². The maximum Gasteiger partial charge on any atom is 0.265 e. The Hall–Kier alpha value is -2.53. The number of likely N-dealkylation sites (tertiary alicyclic amines) is 2. The average molecular weight is 586 g/mol. The van der Waals surface area contributed by atoms with Crippen LogP contribution >= 0.6 is 11.3 Å². The number of nitrogens with zero attached hydrogens (tertiary/aromatic N) is 3. The van der Waals surface area contributed by atoms with Crippen LogP contribution in [0.4, 0.5) is 0 Å². The van der Waals surface area contributed by atoms with Crippen LogP contribution in [0.25, 0.3) is 0 Å². The number of hydrogen-bond acceptors (Lipinski definition) is 7. The number of ether oxygens (including phenoxy) is 1. The van der Waals surface area contributed by atoms with Crippen LogP contribution in [0, 0.1) is 40.4 Å². The lowest BCUT2D eigenvalue weighted by Crippen LogP contribution is -2.65. The number of fused-ring (bicyclic) bond motifs is 2. The summed E-state index contributed by atoms with van der Waals surface area (Å²) in [6, 6.07) is -0.848. The van der Waals surface area contributed by atoms with Gasteiger partial charge in [0.25, 0.3) is 5.91 Å². The molecule has 2 bridgehead atoms. The number of rotatable bonds is 9. The molecule has 3 heterocycles. The lowest BCUT2D eigenvalue weighted by Gasteiger charge is -2.50. The molecule has 6 rings (SSSR count). The van der Waals surface area contributed by atoms with E-state index in [2.05, 4.69) is 29.5 Å². The van der Waals surface area contributed by atoms with Gasteiger partial charge in [0.15, 0.2) is 0 Å². The Bertz CT molecular complexity index is 1200. The lowest BCUT2D eigenvalue weighted by molar-refractivity contribution is -0.152. The van der Waals surface area contributed by atoms with Crippen LogP contribution in [0.2, 0.25) is 0 Å². The molecule has 1 aromatic heterocycles. The molecule has 2 N–H and O–H groups in total. The molecule has 2 aliphatic heterocycles. The Labute approximate surface area is 245 Å². The van der Waals surface area contributed by atoms with Crippen LogP contribution in [0.5, 0.6) is 0 Å². The number of carbonyl (C=O) groups excluding carboxylic acids is 4. The second-order valence-electron chi connectivity index (χ2n) is 14.0. The number of nitrogens with one attached hydrogen (secondary N) is 2. The van der Waals surface area contributed by atoms with Gasteiger partial charge >= 0.3 is 0 Å². The van der Waals surface area contributed by atoms with Crippen molar-refractivity contribution in [2.24, 2.45) is 40.4 Å². The predicted octanol–water partition coefficient (Wildman–Crippen LogP) is 2.16. The molecule has 224 valence electrons. The van der Waals surface area contributed by atoms with Crippen LogP contribution in [0.3, 0.4) is 0 Å². The van der Waals surface area contributed by atoms with E-state index in [4.69, 9.17) is 4.74 Å². The smallest absolute Gasteiger partial charge is 0.265 e. The summed E-state index contributed by atoms with van der Waals surface area (Å²) in [5, 5.41) is 5.69. The summed E-state index contributed by atoms with van der Waals surface area (Å²) in [5.41, 5.74) is 1.10. The van der Waals surface area contributed by atoms with Crippen molar-refractivity contribution in [2.75, 3.05) is 39.8 Å². The second-order valence-corrected chi connectivity index (χ2v) is 14.9. The standard InChI is InChI=1S/C30H43N5O5S/c1-17(40-12-20-8-18-5-6-19(20)7-18)24(26(37)31-4)33-25(36)22-11-34(28(39)23-10-32-16-41-23)13-30(22)14-35(15-30)27(38)21-9-29(21,2)3/h10,16-22,24H,5-9,11-15H2,1-4H3,(H,31,37)(H,33,36)/t17-,18?,19?,20?,21-,22+,24+/m1/s1. The molecule has 0 aromatic carbocycles. The van der Waals surface area contributed by atoms with E-state index in [0.29, 0.717) is 43.0 Å². The average Bonchev–Trinajstić information content (AvgIpc) is 3.56. The Kier molecular flexibility index (Phi) is 7.41. The van der Waals surface area contributed by atoms with Crippen LogP contribution in [-0.2, 0) is 19.1 Å². The van der Waals surface area contributed by atoms with Gasteiger partial charge in [-0.25, -0.2) is 0 Å². The zero-order valence-corrected chi connectivity index (χ0v) is 25.4. The number of hydrogen-bond donors (Lipinski definition) is 2. The van der Waals surface area contributed by atoms with E-state index in [1.54, 1.807) is 23.7 Å². The second kappa shape index (κ2) is 10.6. The van der Waals surface area contributed by atoms with Crippen molar-refractivity contribution in [3.8, 4) is 0 Å². The van der Waals surface area contributed by atoms with Gasteiger partial charge in [0.1, 0.15) is 10.9 Å². The molecular weight excluding hydrogens is 542 g/mol. The third-order valence-corrected chi connectivity index (χ3v) is 11.5. The summed E-state index contributed by atoms with van der Waals surface area (Å²) in [7, 11) is 1.56. The minimum Gasteiger partial charge on any atom is -0.376 e. The number of aromatic nitrogens is 1. The van der Waals surface area contributed by atoms with Crippen LogP contribution in [-0.4, -0.2) is 90.4 Å². The van der Waals surface area contributed by atoms with Crippen LogP contribution in [0.15, 0.2) is 11.7 Å². The van der Waals surface area contributed by atoms with Gasteiger partial charge in [-0.3, -0.25) is 24.2 Å². The fourth-order valence-electron chi connectivity index (χ4n) is 8.02. The molecule has 10 nitrogen and oxygen atoms in total. The molecule has 1 spiro atoms. The third kappa shape index (κ3) is 5.28. The largest absolute Gasteiger partial charge is 0.376 e. The van der Waals surface area contributed by atoms with E-state index >= 15 is 0 Å². The summed E-state index contributed by atoms with van der Waals surface area (Å²) in [6.45, 7) is 8.15. The molecular formula is C30H43N5O5S. The molecule has 2 saturated heterocycles. The van der Waals surface area contributed by atoms with Gasteiger partial charge in [-0.15, -0.1) is 11.3 Å². The molecule has 3 saturated carbocycles. The van der Waals surface area contributed by atoms with E-state index in [-0.39, 0.29) is 41.5 Å². The van der Waals surface area contributed by atoms with Gasteiger partial charge in [-0.2, -0.15) is 0 Å². The summed E-state index contributed by atoms with van der Waals surface area (Å²) < 4.78 is 6.23. The minimum atomic E-state index is -0.848. The summed E-state index contributed by atoms with van der Waals surface area (Å²) in [6.07, 6.45) is 6.99. The first-order valence-electron chi connectivity index (χ1n) is 15.1. The number of amides is 4. The maximum absolute atomic E-state index is 13.9. The minimum absolute atomic E-state index is 0.0224. The molecule has 5 aliphatic rings. The molecule has 3 aliphatic carbocycles. The van der Waals surface area contributed by atoms with Crippen molar-refractivity contribution < 1.29 is 23.9 Å². The van der Waals surface area contributed by atoms with Crippen LogP contribution < -0.4 is 10.6 Å². The van der Waals surface area contributed by atoms with Gasteiger partial charge < -0.3 is 25.2 Å². The van der Waals surface area contributed by atoms with Gasteiger partial charge in [-0.05, 0) is 55.8 Å². The highest BCUT2D eigenvalue weighted by Crippen LogP contribution is 2.55. The zero-order valence-electron chi connectivity index (χ0n) is 24.6. The summed E-state index contributed by atoms with van der Waals surface area (Å²) >= 11 is 1.28. The normalized spacial score (nSPS) is 32.0. The topological polar surface area (TPSA) is 121 Å². The van der Waals surface area contributed by atoms with Gasteiger partial charge in [-0.1, -0.05) is 20.3 Å². The highest BCUT2D eigenvalue weighted by atomic mass is 32.1. The van der Waals surface area contributed by atoms with E-state index in [1.807, 2.05) is 11.8 Å². The molecule has 7 atom stereocenters. The molecule has 1 aromatic rings. The molecule has 11 heteroatoms. The van der Waals surface area contributed by atoms with E-state index in [0.717, 1.165) is 12.3 Å². The Morgan fingerprint density at radius 3 is 2.44 bits per heavy atom. The fourth-order valence-corrected chi connectivity index (χ4v) is 8.61. The predicted molar refractivity (Wildman–Crippen MR) is 153 cm³/mol. The van der Waals surface area contributed by atoms with Gasteiger partial charge in [0, 0.05) is 44.6 Å². The first-order valence-corrected chi connectivity index (χ1v) is 16.0. The maximum atomic E-state index is 13.9. The summed E-state index contributed by atoms with van der Waals surface area (Å²) in [4.78, 5) is 61.4. The number of thiazole rings is 1. The molecule has 3 unspecified atom stereocenters. The number of likely N-dealkylation sites (N-methyl/N-ethyl adjacent to an activating group) is 1. The third-order valence-electron chi connectivity index (χ3n) is 10.8. The Morgan fingerprint density at radius 2 is 1.85 bits per heavy atom. The van der Waals surface area contributed by atoms with Crippen molar-refractivity contribution in [1.29, 1.82) is 0 Å². The van der Waals surface area contributed by atoms with Crippen molar-refractivity contribution in [3.05, 3.63) is 16.6 Å². The van der Waals surface area contributed by atoms with Crippen LogP contribution in [0.1, 0.15) is 62.5 Å². The zero-order chi connectivity index (χ0) is 29.1. The fraction of sp³-hybridized carbons (Fsp3) is 0.767. The first-order chi connectivity index (χ1) is 19.5. The Morgan fingerprint density at radius 1 is 1.12 bits per heavy atom. The van der Waals surface area contributed by atoms with E-state index in [1.165, 1.54) is 37.0 Å². The van der Waals surface area contributed by atoms with Crippen molar-refractivity contribution in [2.45, 2.75) is 65.0 Å².